The molecule has 2 rings (SSSR count). The lowest BCUT2D eigenvalue weighted by Gasteiger charge is -2.07. The summed E-state index contributed by atoms with van der Waals surface area (Å²) in [4.78, 5) is 0. The van der Waals surface area contributed by atoms with E-state index in [9.17, 15) is 10.2 Å². The van der Waals surface area contributed by atoms with Crippen molar-refractivity contribution in [3.63, 3.8) is 0 Å². The first-order chi connectivity index (χ1) is 8.02. The first-order valence-electron chi connectivity index (χ1n) is 4.70. The molecule has 0 bridgehead atoms. The largest absolute Gasteiger partial charge is 0.508 e. The zero-order valence-electron chi connectivity index (χ0n) is 8.52. The van der Waals surface area contributed by atoms with Gasteiger partial charge in [-0.3, -0.25) is 0 Å². The van der Waals surface area contributed by atoms with Gasteiger partial charge >= 0.3 is 0 Å². The van der Waals surface area contributed by atoms with Crippen molar-refractivity contribution in [2.45, 2.75) is 0 Å². The van der Waals surface area contributed by atoms with Gasteiger partial charge in [0.15, 0.2) is 0 Å². The van der Waals surface area contributed by atoms with Gasteiger partial charge in [0.2, 0.25) is 0 Å². The lowest BCUT2D eigenvalue weighted by Crippen LogP contribution is -1.84. The van der Waals surface area contributed by atoms with Gasteiger partial charge in [-0.25, -0.2) is 0 Å². The van der Waals surface area contributed by atoms with E-state index < -0.39 is 0 Å². The number of hydrogen-bond acceptors (Lipinski definition) is 3. The Morgan fingerprint density at radius 2 is 1.12 bits per heavy atom. The fourth-order valence-corrected chi connectivity index (χ4v) is 1.79. The molecule has 0 aromatic heterocycles. The normalized spacial score (nSPS) is 10.2. The van der Waals surface area contributed by atoms with E-state index in [1.54, 1.807) is 12.1 Å². The molecule has 88 valence electrons. The molecule has 0 saturated heterocycles. The quantitative estimate of drug-likeness (QED) is 0.860. The summed E-state index contributed by atoms with van der Waals surface area (Å²) >= 11 is 11.5. The average Bonchev–Trinajstić information content (AvgIpc) is 2.13. The molecule has 3 nitrogen and oxygen atoms in total. The Bertz CT molecular complexity index is 465. The highest BCUT2D eigenvalue weighted by molar-refractivity contribution is 6.31. The summed E-state index contributed by atoms with van der Waals surface area (Å²) in [6.45, 7) is 0. The van der Waals surface area contributed by atoms with Crippen LogP contribution in [-0.2, 0) is 0 Å². The second-order valence-corrected chi connectivity index (χ2v) is 4.27. The van der Waals surface area contributed by atoms with Crippen molar-refractivity contribution >= 4 is 23.2 Å². The van der Waals surface area contributed by atoms with Crippen molar-refractivity contribution in [1.82, 2.24) is 0 Å². The van der Waals surface area contributed by atoms with Gasteiger partial charge in [-0.2, -0.15) is 0 Å². The molecule has 0 fully saturated rings. The van der Waals surface area contributed by atoms with Gasteiger partial charge in [-0.15, -0.1) is 0 Å². The van der Waals surface area contributed by atoms with E-state index in [0.717, 1.165) is 0 Å². The first kappa shape index (κ1) is 11.9. The molecule has 0 aliphatic carbocycles. The van der Waals surface area contributed by atoms with E-state index in [2.05, 4.69) is 0 Å². The minimum atomic E-state index is -0.00116. The number of phenols is 2. The SMILES string of the molecule is Oc1cc(Cl)cc(Oc2cc(O)cc(Cl)c2)c1. The molecule has 0 spiro atoms. The predicted octanol–water partition coefficient (Wildman–Crippen LogP) is 4.20. The van der Waals surface area contributed by atoms with Crippen LogP contribution in [0.3, 0.4) is 0 Å². The van der Waals surface area contributed by atoms with Crippen LogP contribution in [0.1, 0.15) is 0 Å². The number of rotatable bonds is 2. The molecule has 2 aromatic carbocycles. The zero-order chi connectivity index (χ0) is 12.4. The van der Waals surface area contributed by atoms with Crippen LogP contribution in [0.2, 0.25) is 10.0 Å². The molecule has 17 heavy (non-hydrogen) atoms. The Kier molecular flexibility index (Phi) is 3.31. The molecule has 0 unspecified atom stereocenters. The molecule has 5 heteroatoms. The summed E-state index contributed by atoms with van der Waals surface area (Å²) in [6.07, 6.45) is 0. The first-order valence-corrected chi connectivity index (χ1v) is 5.45. The van der Waals surface area contributed by atoms with Crippen LogP contribution in [0.25, 0.3) is 0 Å². The third kappa shape index (κ3) is 3.19. The topological polar surface area (TPSA) is 49.7 Å². The van der Waals surface area contributed by atoms with Crippen LogP contribution in [0, 0.1) is 0 Å². The van der Waals surface area contributed by atoms with E-state index in [4.69, 9.17) is 27.9 Å². The Morgan fingerprint density at radius 1 is 0.706 bits per heavy atom. The highest BCUT2D eigenvalue weighted by Gasteiger charge is 2.04. The maximum atomic E-state index is 9.34. The molecule has 0 heterocycles. The van der Waals surface area contributed by atoms with Gasteiger partial charge in [-0.1, -0.05) is 23.2 Å². The number of phenolic OH excluding ortho intramolecular Hbond substituents is 2. The van der Waals surface area contributed by atoms with E-state index in [1.165, 1.54) is 24.3 Å². The van der Waals surface area contributed by atoms with Crippen LogP contribution in [0.4, 0.5) is 0 Å². The Labute approximate surface area is 108 Å². The fourth-order valence-electron chi connectivity index (χ4n) is 1.35. The molecule has 0 saturated carbocycles. The molecular weight excluding hydrogens is 263 g/mol. The maximum absolute atomic E-state index is 9.34. The summed E-state index contributed by atoms with van der Waals surface area (Å²) in [7, 11) is 0. The smallest absolute Gasteiger partial charge is 0.132 e. The van der Waals surface area contributed by atoms with E-state index in [0.29, 0.717) is 21.5 Å². The van der Waals surface area contributed by atoms with E-state index in [1.807, 2.05) is 0 Å². The standard InChI is InChI=1S/C12H8Cl2O3/c13-7-1-9(15)5-11(3-7)17-12-4-8(14)2-10(16)6-12/h1-6,15-16H. The maximum Gasteiger partial charge on any atom is 0.132 e. The summed E-state index contributed by atoms with van der Waals surface area (Å²) < 4.78 is 5.41. The fraction of sp³-hybridized carbons (Fsp3) is 0. The van der Waals surface area contributed by atoms with Gasteiger partial charge in [-0.05, 0) is 24.3 Å². The third-order valence-electron chi connectivity index (χ3n) is 1.95. The molecular formula is C12H8Cl2O3. The van der Waals surface area contributed by atoms with Gasteiger partial charge in [0.1, 0.15) is 23.0 Å². The molecule has 0 aliphatic heterocycles. The minimum Gasteiger partial charge on any atom is -0.508 e. The highest BCUT2D eigenvalue weighted by atomic mass is 35.5. The summed E-state index contributed by atoms with van der Waals surface area (Å²) in [5.74, 6) is 0.714. The molecule has 2 aromatic rings. The molecule has 0 aliphatic rings. The van der Waals surface area contributed by atoms with E-state index in [-0.39, 0.29) is 11.5 Å². The van der Waals surface area contributed by atoms with Crippen LogP contribution >= 0.6 is 23.2 Å². The Balaban J connectivity index is 2.31. The molecule has 0 radical (unpaired) electrons. The molecule has 2 N–H and O–H groups in total. The summed E-state index contributed by atoms with van der Waals surface area (Å²) in [5.41, 5.74) is 0. The van der Waals surface area contributed by atoms with Crippen molar-refractivity contribution in [2.24, 2.45) is 0 Å². The van der Waals surface area contributed by atoms with Crippen LogP contribution < -0.4 is 4.74 Å². The average molecular weight is 271 g/mol. The van der Waals surface area contributed by atoms with Gasteiger partial charge in [0, 0.05) is 22.2 Å². The molecule has 0 amide bonds. The van der Waals surface area contributed by atoms with Crippen molar-refractivity contribution in [2.75, 3.05) is 0 Å². The van der Waals surface area contributed by atoms with Gasteiger partial charge < -0.3 is 14.9 Å². The second-order valence-electron chi connectivity index (χ2n) is 3.39. The number of aromatic hydroxyl groups is 2. The summed E-state index contributed by atoms with van der Waals surface area (Å²) in [5, 5.41) is 19.4. The van der Waals surface area contributed by atoms with Crippen molar-refractivity contribution in [3.8, 4) is 23.0 Å². The van der Waals surface area contributed by atoms with Crippen LogP contribution in [0.5, 0.6) is 23.0 Å². The number of halogens is 2. The molecule has 0 atom stereocenters. The van der Waals surface area contributed by atoms with Crippen molar-refractivity contribution in [3.05, 3.63) is 46.4 Å². The zero-order valence-corrected chi connectivity index (χ0v) is 10.0. The second kappa shape index (κ2) is 4.73. The lowest BCUT2D eigenvalue weighted by molar-refractivity contribution is 0.446. The number of hydrogen-bond donors (Lipinski definition) is 2. The van der Waals surface area contributed by atoms with Crippen LogP contribution in [-0.4, -0.2) is 10.2 Å². The monoisotopic (exact) mass is 270 g/mol. The number of benzene rings is 2. The number of ether oxygens (including phenoxy) is 1. The minimum absolute atomic E-state index is 0.00116. The highest BCUT2D eigenvalue weighted by Crippen LogP contribution is 2.32. The van der Waals surface area contributed by atoms with Crippen molar-refractivity contribution in [1.29, 1.82) is 0 Å². The predicted molar refractivity (Wildman–Crippen MR) is 66.3 cm³/mol. The Hall–Kier alpha value is -1.58. The third-order valence-corrected chi connectivity index (χ3v) is 2.38. The van der Waals surface area contributed by atoms with Crippen LogP contribution in [0.15, 0.2) is 36.4 Å². The van der Waals surface area contributed by atoms with Gasteiger partial charge in [0.05, 0.1) is 0 Å². The van der Waals surface area contributed by atoms with Crippen molar-refractivity contribution < 1.29 is 14.9 Å². The van der Waals surface area contributed by atoms with E-state index >= 15 is 0 Å². The Morgan fingerprint density at radius 3 is 1.47 bits per heavy atom. The lowest BCUT2D eigenvalue weighted by atomic mass is 10.3. The summed E-state index contributed by atoms with van der Waals surface area (Å²) in [6, 6.07) is 8.68. The van der Waals surface area contributed by atoms with Gasteiger partial charge in [0.25, 0.3) is 0 Å².